The van der Waals surface area contributed by atoms with E-state index in [1.807, 2.05) is 0 Å². The zero-order chi connectivity index (χ0) is 12.7. The second-order valence-electron chi connectivity index (χ2n) is 5.09. The Morgan fingerprint density at radius 1 is 1.12 bits per heavy atom. The number of hydrogen-bond acceptors (Lipinski definition) is 2. The Bertz CT molecular complexity index is 303. The molecule has 0 saturated heterocycles. The molecule has 0 amide bonds. The third-order valence-corrected chi connectivity index (χ3v) is 2.80. The highest BCUT2D eigenvalue weighted by atomic mass is 15.1. The van der Waals surface area contributed by atoms with Gasteiger partial charge < -0.3 is 10.2 Å². The molecule has 0 fully saturated rings. The van der Waals surface area contributed by atoms with Gasteiger partial charge in [-0.15, -0.1) is 0 Å². The largest absolute Gasteiger partial charge is 0.310 e. The van der Waals surface area contributed by atoms with Crippen LogP contribution in [0.3, 0.4) is 0 Å². The van der Waals surface area contributed by atoms with Crippen molar-refractivity contribution in [3.8, 4) is 0 Å². The third kappa shape index (κ3) is 5.85. The SMILES string of the molecule is CCCN(C)Cc1ccc(CNC(C)C)cc1. The first-order chi connectivity index (χ1) is 8.11. The first kappa shape index (κ1) is 14.2. The Morgan fingerprint density at radius 3 is 2.24 bits per heavy atom. The van der Waals surface area contributed by atoms with Gasteiger partial charge in [0.1, 0.15) is 0 Å². The van der Waals surface area contributed by atoms with Crippen LogP contribution >= 0.6 is 0 Å². The molecule has 0 unspecified atom stereocenters. The first-order valence-corrected chi connectivity index (χ1v) is 6.61. The summed E-state index contributed by atoms with van der Waals surface area (Å²) in [6.07, 6.45) is 1.22. The minimum absolute atomic E-state index is 0.547. The molecule has 1 N–H and O–H groups in total. The maximum atomic E-state index is 3.43. The van der Waals surface area contributed by atoms with Crippen LogP contribution in [0.1, 0.15) is 38.3 Å². The molecule has 0 aromatic heterocycles. The average Bonchev–Trinajstić information content (AvgIpc) is 2.28. The molecule has 2 heteroatoms. The smallest absolute Gasteiger partial charge is 0.0230 e. The van der Waals surface area contributed by atoms with Gasteiger partial charge in [-0.25, -0.2) is 0 Å². The molecule has 0 aliphatic heterocycles. The Labute approximate surface area is 106 Å². The third-order valence-electron chi connectivity index (χ3n) is 2.80. The summed E-state index contributed by atoms with van der Waals surface area (Å²) in [4.78, 5) is 2.36. The van der Waals surface area contributed by atoms with E-state index in [4.69, 9.17) is 0 Å². The topological polar surface area (TPSA) is 15.3 Å². The summed E-state index contributed by atoms with van der Waals surface area (Å²) < 4.78 is 0. The van der Waals surface area contributed by atoms with Gasteiger partial charge in [0.2, 0.25) is 0 Å². The standard InChI is InChI=1S/C15H26N2/c1-5-10-17(4)12-15-8-6-14(7-9-15)11-16-13(2)3/h6-9,13,16H,5,10-12H2,1-4H3. The highest BCUT2D eigenvalue weighted by Crippen LogP contribution is 2.07. The second kappa shape index (κ2) is 7.46. The van der Waals surface area contributed by atoms with E-state index in [0.29, 0.717) is 6.04 Å². The fourth-order valence-electron chi connectivity index (χ4n) is 1.86. The van der Waals surface area contributed by atoms with Crippen molar-refractivity contribution in [1.82, 2.24) is 10.2 Å². The van der Waals surface area contributed by atoms with Crippen LogP contribution in [0.25, 0.3) is 0 Å². The van der Waals surface area contributed by atoms with Crippen molar-refractivity contribution in [2.75, 3.05) is 13.6 Å². The monoisotopic (exact) mass is 234 g/mol. The van der Waals surface area contributed by atoms with Crippen molar-refractivity contribution in [2.45, 2.75) is 46.3 Å². The van der Waals surface area contributed by atoms with Crippen molar-refractivity contribution in [3.63, 3.8) is 0 Å². The lowest BCUT2D eigenvalue weighted by atomic mass is 10.1. The molecule has 0 radical (unpaired) electrons. The molecule has 96 valence electrons. The molecule has 1 aromatic carbocycles. The summed E-state index contributed by atoms with van der Waals surface area (Å²) in [5.41, 5.74) is 2.76. The zero-order valence-corrected chi connectivity index (χ0v) is 11.7. The molecule has 1 rings (SSSR count). The lowest BCUT2D eigenvalue weighted by molar-refractivity contribution is 0.327. The van der Waals surface area contributed by atoms with E-state index in [1.54, 1.807) is 0 Å². The number of nitrogens with zero attached hydrogens (tertiary/aromatic N) is 1. The van der Waals surface area contributed by atoms with Crippen molar-refractivity contribution in [1.29, 1.82) is 0 Å². The van der Waals surface area contributed by atoms with Crippen molar-refractivity contribution in [3.05, 3.63) is 35.4 Å². The lowest BCUT2D eigenvalue weighted by Crippen LogP contribution is -2.22. The Morgan fingerprint density at radius 2 is 1.71 bits per heavy atom. The second-order valence-corrected chi connectivity index (χ2v) is 5.09. The maximum absolute atomic E-state index is 3.43. The van der Waals surface area contributed by atoms with Crippen molar-refractivity contribution >= 4 is 0 Å². The van der Waals surface area contributed by atoms with E-state index in [1.165, 1.54) is 17.5 Å². The molecule has 2 nitrogen and oxygen atoms in total. The number of hydrogen-bond donors (Lipinski definition) is 1. The lowest BCUT2D eigenvalue weighted by Gasteiger charge is -2.15. The molecule has 0 heterocycles. The van der Waals surface area contributed by atoms with Crippen molar-refractivity contribution in [2.24, 2.45) is 0 Å². The predicted molar refractivity (Wildman–Crippen MR) is 75.0 cm³/mol. The summed E-state index contributed by atoms with van der Waals surface area (Å²) in [5, 5.41) is 3.43. The molecule has 0 saturated carbocycles. The molecule has 17 heavy (non-hydrogen) atoms. The van der Waals surface area contributed by atoms with Crippen LogP contribution in [-0.4, -0.2) is 24.5 Å². The van der Waals surface area contributed by atoms with E-state index < -0.39 is 0 Å². The summed E-state index contributed by atoms with van der Waals surface area (Å²) in [6.45, 7) is 9.74. The normalized spacial score (nSPS) is 11.4. The highest BCUT2D eigenvalue weighted by molar-refractivity contribution is 5.22. The van der Waals surface area contributed by atoms with Crippen molar-refractivity contribution < 1.29 is 0 Å². The van der Waals surface area contributed by atoms with Gasteiger partial charge in [-0.3, -0.25) is 0 Å². The maximum Gasteiger partial charge on any atom is 0.0230 e. The first-order valence-electron chi connectivity index (χ1n) is 6.61. The van der Waals surface area contributed by atoms with Gasteiger partial charge in [-0.05, 0) is 31.1 Å². The molecule has 0 bridgehead atoms. The van der Waals surface area contributed by atoms with Crippen LogP contribution in [-0.2, 0) is 13.1 Å². The molecule has 0 aliphatic carbocycles. The summed E-state index contributed by atoms with van der Waals surface area (Å²) in [6, 6.07) is 9.48. The highest BCUT2D eigenvalue weighted by Gasteiger charge is 2.00. The molecule has 1 aromatic rings. The molecular weight excluding hydrogens is 208 g/mol. The number of benzene rings is 1. The number of nitrogens with one attached hydrogen (secondary N) is 1. The summed E-state index contributed by atoms with van der Waals surface area (Å²) in [7, 11) is 2.18. The van der Waals surface area contributed by atoms with E-state index in [-0.39, 0.29) is 0 Å². The Balaban J connectivity index is 2.44. The van der Waals surface area contributed by atoms with E-state index in [2.05, 4.69) is 62.3 Å². The van der Waals surface area contributed by atoms with E-state index in [0.717, 1.165) is 19.6 Å². The fourth-order valence-corrected chi connectivity index (χ4v) is 1.86. The van der Waals surface area contributed by atoms with Gasteiger partial charge in [0.05, 0.1) is 0 Å². The fraction of sp³-hybridized carbons (Fsp3) is 0.600. The Hall–Kier alpha value is -0.860. The van der Waals surface area contributed by atoms with Crippen LogP contribution in [0.5, 0.6) is 0 Å². The van der Waals surface area contributed by atoms with E-state index >= 15 is 0 Å². The van der Waals surface area contributed by atoms with Gasteiger partial charge in [0.15, 0.2) is 0 Å². The summed E-state index contributed by atoms with van der Waals surface area (Å²) >= 11 is 0. The van der Waals surface area contributed by atoms with Crippen LogP contribution in [0, 0.1) is 0 Å². The van der Waals surface area contributed by atoms with Gasteiger partial charge in [0.25, 0.3) is 0 Å². The van der Waals surface area contributed by atoms with Crippen LogP contribution in [0.4, 0.5) is 0 Å². The quantitative estimate of drug-likeness (QED) is 0.780. The minimum atomic E-state index is 0.547. The van der Waals surface area contributed by atoms with E-state index in [9.17, 15) is 0 Å². The van der Waals surface area contributed by atoms with Gasteiger partial charge in [-0.1, -0.05) is 45.0 Å². The molecule has 0 aliphatic rings. The number of rotatable bonds is 7. The zero-order valence-electron chi connectivity index (χ0n) is 11.7. The Kier molecular flexibility index (Phi) is 6.23. The van der Waals surface area contributed by atoms with Gasteiger partial charge in [0, 0.05) is 19.1 Å². The predicted octanol–water partition coefficient (Wildman–Crippen LogP) is 3.03. The average molecular weight is 234 g/mol. The minimum Gasteiger partial charge on any atom is -0.310 e. The summed E-state index contributed by atoms with van der Waals surface area (Å²) in [5.74, 6) is 0. The molecule has 0 atom stereocenters. The van der Waals surface area contributed by atoms with Gasteiger partial charge >= 0.3 is 0 Å². The molecule has 0 spiro atoms. The molecular formula is C15H26N2. The van der Waals surface area contributed by atoms with Crippen LogP contribution in [0.2, 0.25) is 0 Å². The van der Waals surface area contributed by atoms with Crippen LogP contribution in [0.15, 0.2) is 24.3 Å². The van der Waals surface area contributed by atoms with Crippen LogP contribution < -0.4 is 5.32 Å². The van der Waals surface area contributed by atoms with Gasteiger partial charge in [-0.2, -0.15) is 0 Å².